The maximum atomic E-state index is 13.9. The van der Waals surface area contributed by atoms with Crippen molar-refractivity contribution in [3.05, 3.63) is 87.8 Å². The normalized spacial score (nSPS) is 11.8. The summed E-state index contributed by atoms with van der Waals surface area (Å²) in [7, 11) is -2.37. The molecule has 158 valence electrons. The number of fused-ring (bicyclic) bond motifs is 1. The van der Waals surface area contributed by atoms with Crippen LogP contribution in [0, 0.1) is 5.82 Å². The molecular weight excluding hydrogens is 461 g/mol. The van der Waals surface area contributed by atoms with Crippen molar-refractivity contribution in [2.24, 2.45) is 0 Å². The molecule has 0 saturated carbocycles. The number of carbonyl (C=O) groups is 2. The zero-order chi connectivity index (χ0) is 22.0. The number of hydrogen-bond donors (Lipinski definition) is 0. The molecule has 0 saturated heterocycles. The van der Waals surface area contributed by atoms with E-state index in [2.05, 4.69) is 4.98 Å². The molecule has 2 heterocycles. The molecule has 0 spiro atoms. The molecule has 0 aliphatic rings. The van der Waals surface area contributed by atoms with Crippen LogP contribution in [0.1, 0.15) is 44.8 Å². The third-order valence-electron chi connectivity index (χ3n) is 4.66. The molecule has 1 atom stereocenters. The van der Waals surface area contributed by atoms with Crippen LogP contribution >= 0.6 is 19.9 Å². The Morgan fingerprint density at radius 1 is 1.22 bits per heavy atom. The fraction of sp³-hybridized carbons (Fsp3) is 0.136. The van der Waals surface area contributed by atoms with Gasteiger partial charge in [-0.25, -0.2) is 9.37 Å². The van der Waals surface area contributed by atoms with Gasteiger partial charge in [0.05, 0.1) is 17.7 Å². The van der Waals surface area contributed by atoms with Crippen molar-refractivity contribution in [3.63, 3.8) is 0 Å². The van der Waals surface area contributed by atoms with Crippen LogP contribution in [-0.2, 0) is 11.1 Å². The van der Waals surface area contributed by atoms with Crippen LogP contribution in [0.3, 0.4) is 0 Å². The zero-order valence-corrected chi connectivity index (χ0v) is 21.2. The SMILES string of the molecule is CCC(=O)c1csc(C(=O)c2cn(P([O-])OCc3ccccc3)c3ccc(F)cc23)n1.[Na+]. The maximum Gasteiger partial charge on any atom is 1.00 e. The third-order valence-corrected chi connectivity index (χ3v) is 6.53. The van der Waals surface area contributed by atoms with Gasteiger partial charge in [-0.05, 0) is 23.8 Å². The van der Waals surface area contributed by atoms with Crippen LogP contribution in [0.15, 0.2) is 60.1 Å². The second kappa shape index (κ2) is 10.9. The van der Waals surface area contributed by atoms with E-state index >= 15 is 0 Å². The minimum atomic E-state index is -2.37. The van der Waals surface area contributed by atoms with E-state index in [9.17, 15) is 18.9 Å². The molecule has 4 rings (SSSR count). The number of nitrogens with zero attached hydrogens (tertiary/aromatic N) is 2. The van der Waals surface area contributed by atoms with E-state index in [0.29, 0.717) is 10.9 Å². The molecule has 0 aliphatic carbocycles. The van der Waals surface area contributed by atoms with Crippen molar-refractivity contribution >= 4 is 42.3 Å². The standard InChI is InChI=1S/C22H17FN2O4PS.Na/c1-2-20(26)18-13-31-22(24-18)21(27)17-11-25(19-9-8-15(23)10-16(17)19)30(28)29-12-14-6-4-3-5-7-14;/h3-11,13H,2,12H2,1H3;/q-1;+1. The fourth-order valence-electron chi connectivity index (χ4n) is 3.07. The molecule has 0 radical (unpaired) electrons. The minimum Gasteiger partial charge on any atom is -0.791 e. The van der Waals surface area contributed by atoms with Gasteiger partial charge in [0.15, 0.2) is 10.8 Å². The quantitative estimate of drug-likeness (QED) is 0.219. The number of thiazole rings is 1. The van der Waals surface area contributed by atoms with Crippen molar-refractivity contribution in [1.29, 1.82) is 0 Å². The Bertz CT molecular complexity index is 1260. The number of aromatic nitrogens is 2. The van der Waals surface area contributed by atoms with Gasteiger partial charge in [-0.1, -0.05) is 37.3 Å². The smallest absolute Gasteiger partial charge is 0.791 e. The topological polar surface area (TPSA) is 84.2 Å². The Morgan fingerprint density at radius 2 is 1.97 bits per heavy atom. The number of Topliss-reactive ketones (excluding diaryl/α,β-unsaturated/α-hetero) is 1. The molecule has 0 fully saturated rings. The second-order valence-electron chi connectivity index (χ2n) is 6.69. The van der Waals surface area contributed by atoms with Crippen LogP contribution in [0.5, 0.6) is 0 Å². The third kappa shape index (κ3) is 5.24. The fourth-order valence-corrected chi connectivity index (χ4v) is 4.79. The van der Waals surface area contributed by atoms with E-state index in [1.165, 1.54) is 34.1 Å². The van der Waals surface area contributed by atoms with E-state index in [4.69, 9.17) is 4.52 Å². The molecule has 10 heteroatoms. The Labute approximate surface area is 211 Å². The summed E-state index contributed by atoms with van der Waals surface area (Å²) in [6, 6.07) is 13.2. The van der Waals surface area contributed by atoms with Gasteiger partial charge >= 0.3 is 29.6 Å². The summed E-state index contributed by atoms with van der Waals surface area (Å²) in [6.45, 7) is 1.83. The predicted molar refractivity (Wildman–Crippen MR) is 116 cm³/mol. The molecule has 6 nitrogen and oxygen atoms in total. The molecule has 0 amide bonds. The van der Waals surface area contributed by atoms with Gasteiger partial charge in [-0.3, -0.25) is 9.59 Å². The molecule has 0 N–H and O–H groups in total. The zero-order valence-electron chi connectivity index (χ0n) is 17.4. The van der Waals surface area contributed by atoms with Gasteiger partial charge in [0, 0.05) is 31.9 Å². The Kier molecular flexibility index (Phi) is 8.47. The van der Waals surface area contributed by atoms with Gasteiger partial charge in [0.1, 0.15) is 11.5 Å². The Morgan fingerprint density at radius 3 is 2.69 bits per heavy atom. The van der Waals surface area contributed by atoms with Crippen molar-refractivity contribution in [3.8, 4) is 0 Å². The summed E-state index contributed by atoms with van der Waals surface area (Å²) < 4.78 is 20.8. The summed E-state index contributed by atoms with van der Waals surface area (Å²) in [6.07, 6.45) is 1.67. The average Bonchev–Trinajstić information content (AvgIpc) is 3.42. The van der Waals surface area contributed by atoms with Crippen LogP contribution < -0.4 is 34.5 Å². The Hall–Kier alpha value is -1.77. The average molecular weight is 478 g/mol. The molecule has 4 aromatic rings. The molecule has 0 bridgehead atoms. The molecule has 2 aromatic carbocycles. The van der Waals surface area contributed by atoms with E-state index in [1.807, 2.05) is 30.3 Å². The number of ketones is 2. The van der Waals surface area contributed by atoms with E-state index in [0.717, 1.165) is 16.9 Å². The van der Waals surface area contributed by atoms with Crippen LogP contribution in [0.4, 0.5) is 4.39 Å². The van der Waals surface area contributed by atoms with E-state index in [1.54, 1.807) is 6.92 Å². The number of carbonyl (C=O) groups excluding carboxylic acids is 2. The number of hydrogen-bond acceptors (Lipinski definition) is 6. The first-order valence-electron chi connectivity index (χ1n) is 9.46. The molecule has 0 aliphatic heterocycles. The van der Waals surface area contributed by atoms with Crippen LogP contribution in [-0.4, -0.2) is 20.9 Å². The summed E-state index contributed by atoms with van der Waals surface area (Å²) in [5.41, 5.74) is 1.62. The van der Waals surface area contributed by atoms with Crippen molar-refractivity contribution in [2.45, 2.75) is 20.0 Å². The molecule has 1 unspecified atom stereocenters. The van der Waals surface area contributed by atoms with E-state index < -0.39 is 20.1 Å². The van der Waals surface area contributed by atoms with E-state index in [-0.39, 0.29) is 64.6 Å². The first-order chi connectivity index (χ1) is 15.0. The summed E-state index contributed by atoms with van der Waals surface area (Å²) in [4.78, 5) is 41.9. The summed E-state index contributed by atoms with van der Waals surface area (Å²) >= 11 is 1.05. The molecule has 32 heavy (non-hydrogen) atoms. The minimum absolute atomic E-state index is 0. The number of rotatable bonds is 8. The first kappa shape index (κ1) is 24.9. The summed E-state index contributed by atoms with van der Waals surface area (Å²) in [5.74, 6) is -1.16. The van der Waals surface area contributed by atoms with Crippen molar-refractivity contribution in [2.75, 3.05) is 0 Å². The van der Waals surface area contributed by atoms with Gasteiger partial charge in [-0.15, -0.1) is 11.3 Å². The summed E-state index contributed by atoms with van der Waals surface area (Å²) in [5, 5.41) is 1.94. The van der Waals surface area contributed by atoms with Gasteiger partial charge in [-0.2, -0.15) is 0 Å². The molecule has 2 aromatic heterocycles. The maximum absolute atomic E-state index is 13.9. The second-order valence-corrected chi connectivity index (χ2v) is 8.71. The Balaban J connectivity index is 0.00000289. The van der Waals surface area contributed by atoms with Gasteiger partial charge < -0.3 is 13.8 Å². The van der Waals surface area contributed by atoms with Crippen molar-refractivity contribution < 1.29 is 53.0 Å². The largest absolute Gasteiger partial charge is 1.00 e. The van der Waals surface area contributed by atoms with Gasteiger partial charge in [0.2, 0.25) is 5.78 Å². The number of halogens is 1. The number of benzene rings is 2. The van der Waals surface area contributed by atoms with Gasteiger partial charge in [0.25, 0.3) is 0 Å². The predicted octanol–water partition coefficient (Wildman–Crippen LogP) is 1.72. The van der Waals surface area contributed by atoms with Crippen LogP contribution in [0.2, 0.25) is 0 Å². The molecular formula is C22H17FN2NaO4PS. The van der Waals surface area contributed by atoms with Crippen LogP contribution in [0.25, 0.3) is 10.9 Å². The van der Waals surface area contributed by atoms with Crippen molar-refractivity contribution in [1.82, 2.24) is 9.32 Å². The monoisotopic (exact) mass is 478 g/mol. The first-order valence-corrected chi connectivity index (χ1v) is 11.5.